The number of carbonyl (C=O) groups excluding carboxylic acids is 4. The number of nitrogens with one attached hydrogen (secondary N) is 1. The number of nitrogens with two attached hydrogens (primary N) is 1. The van der Waals surface area contributed by atoms with Gasteiger partial charge in [0.15, 0.2) is 0 Å². The minimum atomic E-state index is -0.975. The van der Waals surface area contributed by atoms with Crippen molar-refractivity contribution in [1.29, 1.82) is 0 Å². The average molecular weight is 574 g/mol. The SMILES string of the molecule is CC[C@H](C)[C@@H](N)[C@@H](O)CC(=O)C[C@H](C(=O)N[C@@H](CC(C)C)C(=O)N1CCC[C@H]1C(=O)OCc1ccccc1)C(C)C. The molecule has 0 spiro atoms. The summed E-state index contributed by atoms with van der Waals surface area (Å²) in [6.07, 6.45) is 1.23. The van der Waals surface area contributed by atoms with Gasteiger partial charge in [-0.1, -0.05) is 78.3 Å². The zero-order valence-corrected chi connectivity index (χ0v) is 25.7. The van der Waals surface area contributed by atoms with Crippen molar-refractivity contribution in [3.05, 3.63) is 35.9 Å². The fourth-order valence-corrected chi connectivity index (χ4v) is 5.25. The molecule has 6 atom stereocenters. The molecule has 2 amide bonds. The van der Waals surface area contributed by atoms with E-state index in [0.29, 0.717) is 25.8 Å². The molecule has 0 saturated carbocycles. The normalized spacial score (nSPS) is 19.0. The van der Waals surface area contributed by atoms with Crippen LogP contribution in [0.15, 0.2) is 30.3 Å². The molecule has 2 rings (SSSR count). The summed E-state index contributed by atoms with van der Waals surface area (Å²) in [5.41, 5.74) is 6.97. The summed E-state index contributed by atoms with van der Waals surface area (Å²) in [4.78, 5) is 54.5. The molecule has 0 aliphatic carbocycles. The highest BCUT2D eigenvalue weighted by Gasteiger charge is 2.39. The number of ether oxygens (including phenoxy) is 1. The Hall–Kier alpha value is -2.78. The summed E-state index contributed by atoms with van der Waals surface area (Å²) in [6, 6.07) is 7.33. The van der Waals surface area contributed by atoms with Crippen LogP contribution in [0, 0.1) is 23.7 Å². The summed E-state index contributed by atoms with van der Waals surface area (Å²) < 4.78 is 5.53. The minimum absolute atomic E-state index is 0.0471. The first-order valence-electron chi connectivity index (χ1n) is 15.1. The van der Waals surface area contributed by atoms with Crippen molar-refractivity contribution >= 4 is 23.6 Å². The molecule has 1 aromatic carbocycles. The molecule has 1 aromatic rings. The first-order valence-corrected chi connectivity index (χ1v) is 15.1. The van der Waals surface area contributed by atoms with Crippen LogP contribution in [0.5, 0.6) is 0 Å². The van der Waals surface area contributed by atoms with Crippen molar-refractivity contribution in [2.75, 3.05) is 6.54 Å². The van der Waals surface area contributed by atoms with Crippen molar-refractivity contribution in [3.63, 3.8) is 0 Å². The van der Waals surface area contributed by atoms with Crippen molar-refractivity contribution in [2.45, 2.75) is 111 Å². The van der Waals surface area contributed by atoms with Crippen LogP contribution in [0.1, 0.15) is 85.6 Å². The number of hydrogen-bond donors (Lipinski definition) is 3. The van der Waals surface area contributed by atoms with Crippen LogP contribution in [-0.2, 0) is 30.5 Å². The number of nitrogens with zero attached hydrogens (tertiary/aromatic N) is 1. The lowest BCUT2D eigenvalue weighted by Gasteiger charge is -2.30. The third-order valence-electron chi connectivity index (χ3n) is 8.12. The molecular weight excluding hydrogens is 522 g/mol. The number of esters is 1. The number of rotatable bonds is 16. The van der Waals surface area contributed by atoms with E-state index in [9.17, 15) is 24.3 Å². The molecule has 0 unspecified atom stereocenters. The molecule has 0 bridgehead atoms. The summed E-state index contributed by atoms with van der Waals surface area (Å²) in [6.45, 7) is 12.1. The average Bonchev–Trinajstić information content (AvgIpc) is 3.43. The highest BCUT2D eigenvalue weighted by Crippen LogP contribution is 2.24. The summed E-state index contributed by atoms with van der Waals surface area (Å²) in [7, 11) is 0. The molecule has 9 heteroatoms. The molecule has 0 radical (unpaired) electrons. The Kier molecular flexibility index (Phi) is 13.9. The van der Waals surface area contributed by atoms with E-state index >= 15 is 0 Å². The van der Waals surface area contributed by atoms with E-state index in [1.807, 2.05) is 71.9 Å². The van der Waals surface area contributed by atoms with E-state index in [-0.39, 0.29) is 54.8 Å². The van der Waals surface area contributed by atoms with Gasteiger partial charge in [-0.25, -0.2) is 4.79 Å². The smallest absolute Gasteiger partial charge is 0.329 e. The Balaban J connectivity index is 2.08. The Labute approximate surface area is 245 Å². The third-order valence-corrected chi connectivity index (χ3v) is 8.12. The standard InChI is InChI=1S/C32H51N3O6/c1-7-22(6)29(33)28(37)18-24(36)17-25(21(4)5)30(38)34-26(16-20(2)3)31(39)35-15-11-14-27(35)32(40)41-19-23-12-9-8-10-13-23/h8-10,12-13,20-22,25-29,37H,7,11,14-19,33H2,1-6H3,(H,34,38)/t22-,25-,26-,27-,28-,29+/m0/s1. The van der Waals surface area contributed by atoms with Crippen LogP contribution < -0.4 is 11.1 Å². The van der Waals surface area contributed by atoms with Gasteiger partial charge in [-0.3, -0.25) is 14.4 Å². The number of benzene rings is 1. The van der Waals surface area contributed by atoms with Crippen molar-refractivity contribution in [3.8, 4) is 0 Å². The topological polar surface area (TPSA) is 139 Å². The number of Topliss-reactive ketones (excluding diaryl/α,β-unsaturated/α-hetero) is 1. The van der Waals surface area contributed by atoms with Crippen LogP contribution in [0.25, 0.3) is 0 Å². The van der Waals surface area contributed by atoms with E-state index in [2.05, 4.69) is 5.32 Å². The highest BCUT2D eigenvalue weighted by atomic mass is 16.5. The second kappa shape index (κ2) is 16.6. The summed E-state index contributed by atoms with van der Waals surface area (Å²) >= 11 is 0. The third kappa shape index (κ3) is 10.5. The number of likely N-dealkylation sites (tertiary alicyclic amines) is 1. The zero-order chi connectivity index (χ0) is 30.7. The number of ketones is 1. The predicted molar refractivity (Wildman–Crippen MR) is 158 cm³/mol. The van der Waals surface area contributed by atoms with Crippen LogP contribution >= 0.6 is 0 Å². The van der Waals surface area contributed by atoms with Crippen LogP contribution in [-0.4, -0.2) is 64.3 Å². The number of amides is 2. The molecule has 41 heavy (non-hydrogen) atoms. The number of carbonyl (C=O) groups is 4. The Morgan fingerprint density at radius 1 is 1.07 bits per heavy atom. The molecule has 1 saturated heterocycles. The van der Waals surface area contributed by atoms with Gasteiger partial charge in [-0.05, 0) is 42.6 Å². The zero-order valence-electron chi connectivity index (χ0n) is 25.7. The first-order chi connectivity index (χ1) is 19.3. The van der Waals surface area contributed by atoms with E-state index < -0.39 is 36.1 Å². The number of aliphatic hydroxyl groups is 1. The van der Waals surface area contributed by atoms with E-state index in [1.165, 1.54) is 4.90 Å². The Morgan fingerprint density at radius 3 is 2.32 bits per heavy atom. The van der Waals surface area contributed by atoms with Crippen LogP contribution in [0.4, 0.5) is 0 Å². The van der Waals surface area contributed by atoms with E-state index in [0.717, 1.165) is 12.0 Å². The van der Waals surface area contributed by atoms with Crippen LogP contribution in [0.3, 0.4) is 0 Å². The molecule has 0 aromatic heterocycles. The maximum Gasteiger partial charge on any atom is 0.329 e. The second-order valence-electron chi connectivity index (χ2n) is 12.3. The summed E-state index contributed by atoms with van der Waals surface area (Å²) in [5, 5.41) is 13.4. The lowest BCUT2D eigenvalue weighted by Crippen LogP contribution is -2.53. The lowest BCUT2D eigenvalue weighted by molar-refractivity contribution is -0.155. The van der Waals surface area contributed by atoms with Gasteiger partial charge < -0.3 is 25.8 Å². The minimum Gasteiger partial charge on any atom is -0.459 e. The maximum atomic E-state index is 13.7. The van der Waals surface area contributed by atoms with E-state index in [4.69, 9.17) is 10.5 Å². The second-order valence-corrected chi connectivity index (χ2v) is 12.3. The monoisotopic (exact) mass is 573 g/mol. The van der Waals surface area contributed by atoms with Crippen molar-refractivity contribution < 1.29 is 29.0 Å². The van der Waals surface area contributed by atoms with Gasteiger partial charge >= 0.3 is 5.97 Å². The molecule has 1 aliphatic heterocycles. The quantitative estimate of drug-likeness (QED) is 0.257. The van der Waals surface area contributed by atoms with Gasteiger partial charge in [0.2, 0.25) is 11.8 Å². The van der Waals surface area contributed by atoms with Crippen molar-refractivity contribution in [2.24, 2.45) is 29.4 Å². The van der Waals surface area contributed by atoms with Gasteiger partial charge in [-0.15, -0.1) is 0 Å². The highest BCUT2D eigenvalue weighted by molar-refractivity contribution is 5.93. The number of aliphatic hydroxyl groups excluding tert-OH is 1. The van der Waals surface area contributed by atoms with Gasteiger partial charge in [0.25, 0.3) is 0 Å². The fourth-order valence-electron chi connectivity index (χ4n) is 5.25. The van der Waals surface area contributed by atoms with Gasteiger partial charge in [0, 0.05) is 31.3 Å². The maximum absolute atomic E-state index is 13.7. The molecule has 4 N–H and O–H groups in total. The Morgan fingerprint density at radius 2 is 1.73 bits per heavy atom. The largest absolute Gasteiger partial charge is 0.459 e. The van der Waals surface area contributed by atoms with Gasteiger partial charge in [0.1, 0.15) is 24.5 Å². The lowest BCUT2D eigenvalue weighted by atomic mass is 9.86. The molecule has 9 nitrogen and oxygen atoms in total. The summed E-state index contributed by atoms with van der Waals surface area (Å²) in [5.74, 6) is -2.04. The molecule has 1 heterocycles. The molecule has 230 valence electrons. The Bertz CT molecular complexity index is 998. The number of hydrogen-bond acceptors (Lipinski definition) is 7. The molecule has 1 fully saturated rings. The van der Waals surface area contributed by atoms with Crippen LogP contribution in [0.2, 0.25) is 0 Å². The van der Waals surface area contributed by atoms with Crippen molar-refractivity contribution in [1.82, 2.24) is 10.2 Å². The van der Waals surface area contributed by atoms with E-state index in [1.54, 1.807) is 0 Å². The van der Waals surface area contributed by atoms with Gasteiger partial charge in [0.05, 0.1) is 6.10 Å². The predicted octanol–water partition coefficient (Wildman–Crippen LogP) is 3.61. The molecule has 1 aliphatic rings. The van der Waals surface area contributed by atoms with Gasteiger partial charge in [-0.2, -0.15) is 0 Å². The first kappa shape index (κ1) is 34.4. The fraction of sp³-hybridized carbons (Fsp3) is 0.688. The molecular formula is C32H51N3O6.